The zero-order valence-electron chi connectivity index (χ0n) is 9.95. The van der Waals surface area contributed by atoms with Crippen LogP contribution in [-0.4, -0.2) is 48.5 Å². The van der Waals surface area contributed by atoms with Gasteiger partial charge >= 0.3 is 13.5 Å². The molecular formula is C8H12N3O8P. The number of nitrogens with one attached hydrogen (secondary N) is 1. The third-order valence-electron chi connectivity index (χ3n) is 2.62. The second kappa shape index (κ2) is 5.56. The molecule has 1 aliphatic rings. The van der Waals surface area contributed by atoms with E-state index >= 15 is 0 Å². The Morgan fingerprint density at radius 1 is 1.55 bits per heavy atom. The third kappa shape index (κ3) is 3.60. The third-order valence-corrected chi connectivity index (χ3v) is 3.11. The summed E-state index contributed by atoms with van der Waals surface area (Å²) in [6.07, 6.45) is -2.23. The Hall–Kier alpha value is -1.36. The van der Waals surface area contributed by atoms with E-state index in [1.54, 1.807) is 0 Å². The summed E-state index contributed by atoms with van der Waals surface area (Å²) in [6.45, 7) is -0.542. The Bertz CT molecular complexity index is 635. The van der Waals surface area contributed by atoms with E-state index in [0.717, 1.165) is 10.9 Å². The summed E-state index contributed by atoms with van der Waals surface area (Å²) in [7, 11) is -4.68. The summed E-state index contributed by atoms with van der Waals surface area (Å²) >= 11 is 0. The molecule has 1 aromatic heterocycles. The van der Waals surface area contributed by atoms with Crippen molar-refractivity contribution < 1.29 is 28.7 Å². The van der Waals surface area contributed by atoms with Gasteiger partial charge in [-0.1, -0.05) is 0 Å². The van der Waals surface area contributed by atoms with Crippen LogP contribution in [0.25, 0.3) is 0 Å². The molecule has 0 saturated carbocycles. The number of aliphatic hydroxyl groups is 1. The maximum atomic E-state index is 11.5. The highest BCUT2D eigenvalue weighted by atomic mass is 31.2. The van der Waals surface area contributed by atoms with Crippen molar-refractivity contribution >= 4 is 7.82 Å². The Morgan fingerprint density at radius 2 is 2.25 bits per heavy atom. The molecule has 0 aromatic carbocycles. The molecule has 20 heavy (non-hydrogen) atoms. The van der Waals surface area contributed by atoms with Crippen molar-refractivity contribution in [1.29, 1.82) is 0 Å². The highest BCUT2D eigenvalue weighted by Gasteiger charge is 2.37. The van der Waals surface area contributed by atoms with Crippen molar-refractivity contribution in [1.82, 2.24) is 14.8 Å². The second-order valence-electron chi connectivity index (χ2n) is 4.10. The molecule has 0 aliphatic carbocycles. The van der Waals surface area contributed by atoms with Crippen LogP contribution in [0.2, 0.25) is 0 Å². The number of ether oxygens (including phenoxy) is 1. The Balaban J connectivity index is 2.08. The molecule has 0 spiro atoms. The molecule has 11 nitrogen and oxygen atoms in total. The summed E-state index contributed by atoms with van der Waals surface area (Å²) < 4.78 is 20.9. The largest absolute Gasteiger partial charge is 0.469 e. The lowest BCUT2D eigenvalue weighted by Gasteiger charge is -2.15. The molecule has 1 unspecified atom stereocenters. The molecular weight excluding hydrogens is 297 g/mol. The molecule has 1 saturated heterocycles. The van der Waals surface area contributed by atoms with Crippen LogP contribution < -0.4 is 11.2 Å². The Kier molecular flexibility index (Phi) is 4.18. The highest BCUT2D eigenvalue weighted by molar-refractivity contribution is 7.46. The van der Waals surface area contributed by atoms with Crippen molar-refractivity contribution in [3.05, 3.63) is 27.0 Å². The van der Waals surface area contributed by atoms with Gasteiger partial charge in [-0.15, -0.1) is 0 Å². The maximum absolute atomic E-state index is 11.5. The second-order valence-corrected chi connectivity index (χ2v) is 5.34. The molecule has 2 heterocycles. The van der Waals surface area contributed by atoms with E-state index < -0.39 is 44.1 Å². The number of phosphoric ester groups is 1. The summed E-state index contributed by atoms with van der Waals surface area (Å²) in [5.74, 6) is 0. The Morgan fingerprint density at radius 3 is 2.85 bits per heavy atom. The standard InChI is InChI=1S/C8H12N3O8P/c12-4-1-7(11-8(14)10-6(13)2-9-11)19-5(4)3-18-20(15,16)17/h2,4-5,7,12H,1,3H2,(H,10,13,14)(H2,15,16,17)/t4?,5-,7-/m0/s1. The van der Waals surface area contributed by atoms with Crippen molar-refractivity contribution in [2.24, 2.45) is 0 Å². The predicted molar refractivity (Wildman–Crippen MR) is 61.6 cm³/mol. The van der Waals surface area contributed by atoms with E-state index in [4.69, 9.17) is 14.5 Å². The van der Waals surface area contributed by atoms with E-state index in [9.17, 15) is 19.3 Å². The monoisotopic (exact) mass is 309 g/mol. The van der Waals surface area contributed by atoms with Gasteiger partial charge in [0.15, 0.2) is 6.23 Å². The molecule has 4 N–H and O–H groups in total. The number of hydrogen-bond donors (Lipinski definition) is 4. The summed E-state index contributed by atoms with van der Waals surface area (Å²) in [5, 5.41) is 13.3. The van der Waals surface area contributed by atoms with Crippen LogP contribution >= 0.6 is 7.82 Å². The molecule has 1 aromatic rings. The number of aromatic nitrogens is 3. The van der Waals surface area contributed by atoms with Crippen LogP contribution in [0.4, 0.5) is 0 Å². The van der Waals surface area contributed by atoms with Crippen LogP contribution in [0.3, 0.4) is 0 Å². The Labute approximate surface area is 111 Å². The zero-order valence-corrected chi connectivity index (χ0v) is 10.8. The van der Waals surface area contributed by atoms with Crippen LogP contribution in [-0.2, 0) is 13.8 Å². The van der Waals surface area contributed by atoms with Gasteiger partial charge < -0.3 is 19.6 Å². The van der Waals surface area contributed by atoms with Crippen LogP contribution in [0.1, 0.15) is 12.6 Å². The smallest absolute Gasteiger partial charge is 0.390 e. The number of rotatable bonds is 4. The van der Waals surface area contributed by atoms with Gasteiger partial charge in [-0.3, -0.25) is 14.3 Å². The first-order valence-corrected chi connectivity index (χ1v) is 7.01. The molecule has 3 atom stereocenters. The van der Waals surface area contributed by atoms with Crippen molar-refractivity contribution in [2.75, 3.05) is 6.61 Å². The van der Waals surface area contributed by atoms with Gasteiger partial charge in [0.25, 0.3) is 5.56 Å². The molecule has 1 fully saturated rings. The van der Waals surface area contributed by atoms with Gasteiger partial charge in [-0.2, -0.15) is 9.78 Å². The minimum atomic E-state index is -4.68. The molecule has 112 valence electrons. The van der Waals surface area contributed by atoms with Crippen LogP contribution in [0.15, 0.2) is 15.8 Å². The number of phosphoric acid groups is 1. The number of hydrogen-bond acceptors (Lipinski definition) is 7. The van der Waals surface area contributed by atoms with E-state index in [1.165, 1.54) is 0 Å². The normalized spacial score (nSPS) is 26.9. The van der Waals surface area contributed by atoms with Crippen molar-refractivity contribution in [3.8, 4) is 0 Å². The van der Waals surface area contributed by atoms with Crippen LogP contribution in [0.5, 0.6) is 0 Å². The minimum Gasteiger partial charge on any atom is -0.390 e. The fraction of sp³-hybridized carbons (Fsp3) is 0.625. The van der Waals surface area contributed by atoms with Gasteiger partial charge in [-0.05, 0) is 0 Å². The molecule has 1 aliphatic heterocycles. The summed E-state index contributed by atoms with van der Waals surface area (Å²) in [5.41, 5.74) is -1.49. The topological polar surface area (TPSA) is 164 Å². The molecule has 2 rings (SSSR count). The van der Waals surface area contributed by atoms with Gasteiger partial charge in [0.1, 0.15) is 12.3 Å². The number of nitrogens with zero attached hydrogens (tertiary/aromatic N) is 2. The molecule has 12 heteroatoms. The lowest BCUT2D eigenvalue weighted by molar-refractivity contribution is -0.0497. The summed E-state index contributed by atoms with van der Waals surface area (Å²) in [6, 6.07) is 0. The van der Waals surface area contributed by atoms with E-state index in [-0.39, 0.29) is 6.42 Å². The highest BCUT2D eigenvalue weighted by Crippen LogP contribution is 2.37. The van der Waals surface area contributed by atoms with Gasteiger partial charge in [0.2, 0.25) is 0 Å². The van der Waals surface area contributed by atoms with E-state index in [0.29, 0.717) is 0 Å². The zero-order chi connectivity index (χ0) is 14.9. The first-order valence-electron chi connectivity index (χ1n) is 5.48. The summed E-state index contributed by atoms with van der Waals surface area (Å²) in [4.78, 5) is 41.5. The molecule has 0 radical (unpaired) electrons. The van der Waals surface area contributed by atoms with E-state index in [1.807, 2.05) is 4.98 Å². The first kappa shape index (κ1) is 15.0. The number of H-pyrrole nitrogens is 1. The number of aromatic amines is 1. The van der Waals surface area contributed by atoms with E-state index in [2.05, 4.69) is 9.62 Å². The average Bonchev–Trinajstić information content (AvgIpc) is 2.67. The fourth-order valence-corrected chi connectivity index (χ4v) is 2.09. The lowest BCUT2D eigenvalue weighted by atomic mass is 10.2. The van der Waals surface area contributed by atoms with Crippen molar-refractivity contribution in [2.45, 2.75) is 24.9 Å². The minimum absolute atomic E-state index is 0.0336. The number of aliphatic hydroxyl groups excluding tert-OH is 1. The maximum Gasteiger partial charge on any atom is 0.469 e. The average molecular weight is 309 g/mol. The lowest BCUT2D eigenvalue weighted by Crippen LogP contribution is -2.34. The van der Waals surface area contributed by atoms with Gasteiger partial charge in [-0.25, -0.2) is 9.36 Å². The SMILES string of the molecule is O=c1cnn([C@@H]2CC(O)[C@H](COP(=O)(O)O)O2)c(=O)[nH]1. The van der Waals surface area contributed by atoms with Gasteiger partial charge in [0, 0.05) is 6.42 Å². The predicted octanol–water partition coefficient (Wildman–Crippen LogP) is -2.31. The first-order chi connectivity index (χ1) is 9.26. The fourth-order valence-electron chi connectivity index (χ4n) is 1.75. The van der Waals surface area contributed by atoms with Crippen molar-refractivity contribution in [3.63, 3.8) is 0 Å². The molecule has 0 amide bonds. The quantitative estimate of drug-likeness (QED) is 0.447. The van der Waals surface area contributed by atoms with Crippen LogP contribution in [0, 0.1) is 0 Å². The molecule has 0 bridgehead atoms. The van der Waals surface area contributed by atoms with Gasteiger partial charge in [0.05, 0.1) is 12.7 Å².